The van der Waals surface area contributed by atoms with Crippen LogP contribution in [0.5, 0.6) is 0 Å². The van der Waals surface area contributed by atoms with Gasteiger partial charge in [0.1, 0.15) is 0 Å². The zero-order chi connectivity index (χ0) is 12.3. The summed E-state index contributed by atoms with van der Waals surface area (Å²) in [7, 11) is 2.04. The second-order valence-electron chi connectivity index (χ2n) is 5.24. The number of rotatable bonds is 6. The number of nitrogens with zero attached hydrogens (tertiary/aromatic N) is 1. The average molecular weight is 234 g/mol. The van der Waals surface area contributed by atoms with Gasteiger partial charge < -0.3 is 10.8 Å². The predicted molar refractivity (Wildman–Crippen MR) is 69.5 cm³/mol. The van der Waals surface area contributed by atoms with Crippen LogP contribution in [0.1, 0.15) is 18.4 Å². The molecule has 0 saturated heterocycles. The van der Waals surface area contributed by atoms with Gasteiger partial charge in [0.2, 0.25) is 0 Å². The van der Waals surface area contributed by atoms with Crippen molar-refractivity contribution in [3.8, 4) is 0 Å². The third kappa shape index (κ3) is 3.28. The van der Waals surface area contributed by atoms with E-state index in [0.717, 1.165) is 19.4 Å². The van der Waals surface area contributed by atoms with Crippen LogP contribution in [0.3, 0.4) is 0 Å². The first-order chi connectivity index (χ1) is 8.14. The summed E-state index contributed by atoms with van der Waals surface area (Å²) < 4.78 is 0. The quantitative estimate of drug-likeness (QED) is 0.778. The van der Waals surface area contributed by atoms with Crippen LogP contribution in [0.4, 0.5) is 0 Å². The highest BCUT2D eigenvalue weighted by Crippen LogP contribution is 2.39. The molecule has 1 aliphatic rings. The van der Waals surface area contributed by atoms with E-state index in [1.54, 1.807) is 0 Å². The largest absolute Gasteiger partial charge is 0.387 e. The molecule has 0 aromatic heterocycles. The minimum absolute atomic E-state index is 0.358. The number of nitrogens with two attached hydrogens (primary N) is 1. The Hall–Kier alpha value is -0.900. The Morgan fingerprint density at radius 3 is 2.53 bits per heavy atom. The molecule has 0 aliphatic heterocycles. The van der Waals surface area contributed by atoms with E-state index in [0.29, 0.717) is 19.0 Å². The van der Waals surface area contributed by atoms with E-state index in [4.69, 9.17) is 5.73 Å². The maximum Gasteiger partial charge on any atom is 0.0923 e. The standard InChI is InChI=1S/C14H22N2O/c1-16(9-12-5-3-2-4-6-12)11-14(17,10-15)13-7-8-13/h2-6,13,17H,7-11,15H2,1H3. The van der Waals surface area contributed by atoms with Crippen molar-refractivity contribution in [2.24, 2.45) is 11.7 Å². The topological polar surface area (TPSA) is 49.5 Å². The summed E-state index contributed by atoms with van der Waals surface area (Å²) in [5, 5.41) is 10.4. The van der Waals surface area contributed by atoms with Crippen molar-refractivity contribution in [2.75, 3.05) is 20.1 Å². The first kappa shape index (κ1) is 12.6. The van der Waals surface area contributed by atoms with Crippen molar-refractivity contribution < 1.29 is 5.11 Å². The molecule has 0 amide bonds. The Morgan fingerprint density at radius 1 is 1.35 bits per heavy atom. The zero-order valence-electron chi connectivity index (χ0n) is 10.5. The monoisotopic (exact) mass is 234 g/mol. The summed E-state index contributed by atoms with van der Waals surface area (Å²) in [5.41, 5.74) is 6.29. The Kier molecular flexibility index (Phi) is 3.82. The van der Waals surface area contributed by atoms with E-state index in [2.05, 4.69) is 17.0 Å². The molecule has 94 valence electrons. The minimum atomic E-state index is -0.691. The van der Waals surface area contributed by atoms with Crippen LogP contribution in [-0.4, -0.2) is 35.7 Å². The number of hydrogen-bond acceptors (Lipinski definition) is 3. The van der Waals surface area contributed by atoms with Crippen molar-refractivity contribution in [3.63, 3.8) is 0 Å². The second kappa shape index (κ2) is 5.17. The van der Waals surface area contributed by atoms with E-state index in [9.17, 15) is 5.11 Å². The normalized spacial score (nSPS) is 19.3. The second-order valence-corrected chi connectivity index (χ2v) is 5.24. The predicted octanol–water partition coefficient (Wildman–Crippen LogP) is 1.22. The lowest BCUT2D eigenvalue weighted by molar-refractivity contribution is -0.00378. The molecule has 3 heteroatoms. The summed E-state index contributed by atoms with van der Waals surface area (Å²) in [5.74, 6) is 0.408. The molecule has 0 heterocycles. The third-order valence-electron chi connectivity index (χ3n) is 3.53. The highest BCUT2D eigenvalue weighted by molar-refractivity contribution is 5.14. The third-order valence-corrected chi connectivity index (χ3v) is 3.53. The van der Waals surface area contributed by atoms with Gasteiger partial charge in [-0.15, -0.1) is 0 Å². The maximum atomic E-state index is 10.4. The van der Waals surface area contributed by atoms with Crippen LogP contribution < -0.4 is 5.73 Å². The van der Waals surface area contributed by atoms with Gasteiger partial charge in [-0.05, 0) is 31.4 Å². The van der Waals surface area contributed by atoms with Crippen molar-refractivity contribution in [1.29, 1.82) is 0 Å². The van der Waals surface area contributed by atoms with E-state index < -0.39 is 5.60 Å². The molecule has 1 fully saturated rings. The molecule has 3 N–H and O–H groups in total. The lowest BCUT2D eigenvalue weighted by atomic mass is 9.97. The van der Waals surface area contributed by atoms with Crippen molar-refractivity contribution in [1.82, 2.24) is 4.90 Å². The van der Waals surface area contributed by atoms with Gasteiger partial charge in [0.05, 0.1) is 5.60 Å². The van der Waals surface area contributed by atoms with E-state index in [1.165, 1.54) is 5.56 Å². The Bertz CT molecular complexity index is 350. The smallest absolute Gasteiger partial charge is 0.0923 e. The van der Waals surface area contributed by atoms with Gasteiger partial charge >= 0.3 is 0 Å². The molecular weight excluding hydrogens is 212 g/mol. The van der Waals surface area contributed by atoms with Gasteiger partial charge in [0.25, 0.3) is 0 Å². The van der Waals surface area contributed by atoms with E-state index in [-0.39, 0.29) is 0 Å². The van der Waals surface area contributed by atoms with Gasteiger partial charge in [-0.25, -0.2) is 0 Å². The molecule has 0 bridgehead atoms. The van der Waals surface area contributed by atoms with Gasteiger partial charge in [-0.3, -0.25) is 4.90 Å². The van der Waals surface area contributed by atoms with Crippen LogP contribution in [0.15, 0.2) is 30.3 Å². The summed E-state index contributed by atoms with van der Waals surface area (Å²) in [4.78, 5) is 2.15. The molecule has 0 radical (unpaired) electrons. The molecule has 1 aliphatic carbocycles. The lowest BCUT2D eigenvalue weighted by Gasteiger charge is -2.31. The fraction of sp³-hybridized carbons (Fsp3) is 0.571. The number of aliphatic hydroxyl groups is 1. The summed E-state index contributed by atoms with van der Waals surface area (Å²) in [6.45, 7) is 1.87. The number of benzene rings is 1. The zero-order valence-corrected chi connectivity index (χ0v) is 10.5. The average Bonchev–Trinajstić information content (AvgIpc) is 3.14. The fourth-order valence-electron chi connectivity index (χ4n) is 2.40. The van der Waals surface area contributed by atoms with Gasteiger partial charge in [-0.2, -0.15) is 0 Å². The highest BCUT2D eigenvalue weighted by atomic mass is 16.3. The van der Waals surface area contributed by atoms with Gasteiger partial charge in [-0.1, -0.05) is 30.3 Å². The highest BCUT2D eigenvalue weighted by Gasteiger charge is 2.43. The molecule has 1 unspecified atom stereocenters. The molecule has 1 aromatic carbocycles. The SMILES string of the molecule is CN(Cc1ccccc1)CC(O)(CN)C1CC1. The van der Waals surface area contributed by atoms with Crippen molar-refractivity contribution >= 4 is 0 Å². The van der Waals surface area contributed by atoms with Crippen molar-refractivity contribution in [2.45, 2.75) is 25.0 Å². The minimum Gasteiger partial charge on any atom is -0.387 e. The summed E-state index contributed by atoms with van der Waals surface area (Å²) in [6, 6.07) is 10.3. The van der Waals surface area contributed by atoms with Crippen LogP contribution in [-0.2, 0) is 6.54 Å². The molecule has 0 spiro atoms. The Balaban J connectivity index is 1.90. The fourth-order valence-corrected chi connectivity index (χ4v) is 2.40. The first-order valence-corrected chi connectivity index (χ1v) is 6.29. The molecule has 1 atom stereocenters. The van der Waals surface area contributed by atoms with E-state index in [1.807, 2.05) is 25.2 Å². The van der Waals surface area contributed by atoms with Crippen LogP contribution in [0.25, 0.3) is 0 Å². The Morgan fingerprint density at radius 2 is 2.00 bits per heavy atom. The lowest BCUT2D eigenvalue weighted by Crippen LogP contribution is -2.48. The van der Waals surface area contributed by atoms with Gasteiger partial charge in [0.15, 0.2) is 0 Å². The number of hydrogen-bond donors (Lipinski definition) is 2. The van der Waals surface area contributed by atoms with Crippen molar-refractivity contribution in [3.05, 3.63) is 35.9 Å². The summed E-state index contributed by atoms with van der Waals surface area (Å²) in [6.07, 6.45) is 2.24. The molecule has 2 rings (SSSR count). The van der Waals surface area contributed by atoms with Crippen LogP contribution in [0, 0.1) is 5.92 Å². The molecule has 17 heavy (non-hydrogen) atoms. The molecule has 3 nitrogen and oxygen atoms in total. The van der Waals surface area contributed by atoms with Crippen LogP contribution >= 0.6 is 0 Å². The van der Waals surface area contributed by atoms with Gasteiger partial charge in [0, 0.05) is 19.6 Å². The maximum absolute atomic E-state index is 10.4. The summed E-state index contributed by atoms with van der Waals surface area (Å²) >= 11 is 0. The molecular formula is C14H22N2O. The van der Waals surface area contributed by atoms with E-state index >= 15 is 0 Å². The molecule has 1 aromatic rings. The molecule has 1 saturated carbocycles. The van der Waals surface area contributed by atoms with Crippen LogP contribution in [0.2, 0.25) is 0 Å². The first-order valence-electron chi connectivity index (χ1n) is 6.29. The Labute approximate surface area is 103 Å². The number of likely N-dealkylation sites (N-methyl/N-ethyl adjacent to an activating group) is 1.